The molecule has 2 rings (SSSR count). The topological polar surface area (TPSA) is 100 Å². The zero-order valence-electron chi connectivity index (χ0n) is 14.8. The summed E-state index contributed by atoms with van der Waals surface area (Å²) >= 11 is 0. The quantitative estimate of drug-likeness (QED) is 0.424. The maximum absolute atomic E-state index is 11.9. The van der Waals surface area contributed by atoms with Crippen LogP contribution in [-0.4, -0.2) is 87.2 Å². The van der Waals surface area contributed by atoms with E-state index in [-0.39, 0.29) is 25.0 Å². The van der Waals surface area contributed by atoms with Crippen molar-refractivity contribution in [1.29, 1.82) is 0 Å². The van der Waals surface area contributed by atoms with Gasteiger partial charge in [-0.15, -0.1) is 0 Å². The molecule has 0 unspecified atom stereocenters. The summed E-state index contributed by atoms with van der Waals surface area (Å²) in [4.78, 5) is 27.2. The van der Waals surface area contributed by atoms with Gasteiger partial charge in [-0.25, -0.2) is 0 Å². The number of hydrogen-bond donors (Lipinski definition) is 2. The first-order valence-electron chi connectivity index (χ1n) is 8.78. The van der Waals surface area contributed by atoms with Gasteiger partial charge in [-0.2, -0.15) is 0 Å². The minimum atomic E-state index is -2.66. The Hall–Kier alpha value is -1.51. The standard InChI is InChI=1S/C16H27N4O5P/c21-15(19-9-5-17-6-10-19)3-1-13-24-26(23)25-14-2-4-16(22)20-11-7-18-8-12-20/h1-4,17-18,26H,5-14H2. The SMILES string of the molecule is O=C(C=CCO[PH](=O)OCC=CC(=O)N1CCNCC1)N1CCNCC1. The van der Waals surface area contributed by atoms with Crippen LogP contribution in [0.4, 0.5) is 0 Å². The van der Waals surface area contributed by atoms with Gasteiger partial charge in [-0.1, -0.05) is 12.2 Å². The highest BCUT2D eigenvalue weighted by atomic mass is 31.1. The summed E-state index contributed by atoms with van der Waals surface area (Å²) in [6.45, 7) is 5.99. The number of amides is 2. The van der Waals surface area contributed by atoms with E-state index in [1.165, 1.54) is 24.3 Å². The molecule has 2 N–H and O–H groups in total. The molecule has 0 spiro atoms. The molecule has 146 valence electrons. The van der Waals surface area contributed by atoms with Crippen LogP contribution in [0, 0.1) is 0 Å². The third kappa shape index (κ3) is 7.80. The molecular weight excluding hydrogens is 359 g/mol. The van der Waals surface area contributed by atoms with Gasteiger partial charge in [0, 0.05) is 64.5 Å². The van der Waals surface area contributed by atoms with E-state index in [9.17, 15) is 14.2 Å². The Morgan fingerprint density at radius 3 is 1.58 bits per heavy atom. The first-order chi connectivity index (χ1) is 12.7. The Kier molecular flexibility index (Phi) is 9.58. The van der Waals surface area contributed by atoms with Gasteiger partial charge in [0.05, 0.1) is 13.2 Å². The summed E-state index contributed by atoms with van der Waals surface area (Å²) in [5.74, 6) is -0.157. The second-order valence-corrected chi connectivity index (χ2v) is 6.90. The van der Waals surface area contributed by atoms with Crippen molar-refractivity contribution in [3.63, 3.8) is 0 Å². The molecule has 2 fully saturated rings. The van der Waals surface area contributed by atoms with Crippen molar-refractivity contribution in [3.05, 3.63) is 24.3 Å². The summed E-state index contributed by atoms with van der Waals surface area (Å²) in [6.07, 6.45) is 5.90. The number of rotatable bonds is 8. The Morgan fingerprint density at radius 2 is 1.19 bits per heavy atom. The number of carbonyl (C=O) groups is 2. The van der Waals surface area contributed by atoms with Crippen LogP contribution in [0.1, 0.15) is 0 Å². The van der Waals surface area contributed by atoms with Crippen molar-refractivity contribution >= 4 is 20.1 Å². The van der Waals surface area contributed by atoms with E-state index in [2.05, 4.69) is 10.6 Å². The van der Waals surface area contributed by atoms with Gasteiger partial charge in [-0.05, 0) is 0 Å². The van der Waals surface area contributed by atoms with E-state index >= 15 is 0 Å². The fourth-order valence-corrected chi connectivity index (χ4v) is 3.10. The number of hydrogen-bond acceptors (Lipinski definition) is 7. The first-order valence-corrected chi connectivity index (χ1v) is 10.0. The Balaban J connectivity index is 1.55. The summed E-state index contributed by atoms with van der Waals surface area (Å²) in [5, 5.41) is 6.35. The molecule has 10 heteroatoms. The average Bonchev–Trinajstić information content (AvgIpc) is 2.69. The zero-order chi connectivity index (χ0) is 18.6. The second-order valence-electron chi connectivity index (χ2n) is 5.83. The molecular formula is C16H27N4O5P. The maximum Gasteiger partial charge on any atom is 0.319 e. The molecule has 0 aromatic heterocycles. The molecule has 0 atom stereocenters. The fraction of sp³-hybridized carbons (Fsp3) is 0.625. The van der Waals surface area contributed by atoms with Crippen LogP contribution in [0.2, 0.25) is 0 Å². The summed E-state index contributed by atoms with van der Waals surface area (Å²) in [5.41, 5.74) is 0. The van der Waals surface area contributed by atoms with Crippen LogP contribution in [0.15, 0.2) is 24.3 Å². The zero-order valence-corrected chi connectivity index (χ0v) is 15.8. The molecule has 0 radical (unpaired) electrons. The van der Waals surface area contributed by atoms with E-state index in [4.69, 9.17) is 9.05 Å². The summed E-state index contributed by atoms with van der Waals surface area (Å²) in [6, 6.07) is 0. The van der Waals surface area contributed by atoms with E-state index in [0.29, 0.717) is 26.2 Å². The van der Waals surface area contributed by atoms with Crippen LogP contribution in [0.3, 0.4) is 0 Å². The number of piperazine rings is 2. The third-order valence-electron chi connectivity index (χ3n) is 3.97. The highest BCUT2D eigenvalue weighted by Crippen LogP contribution is 2.23. The van der Waals surface area contributed by atoms with Gasteiger partial charge >= 0.3 is 8.25 Å². The van der Waals surface area contributed by atoms with E-state index in [0.717, 1.165) is 26.2 Å². The van der Waals surface area contributed by atoms with Gasteiger partial charge in [-0.3, -0.25) is 14.2 Å². The molecule has 0 saturated carbocycles. The Morgan fingerprint density at radius 1 is 0.808 bits per heavy atom. The van der Waals surface area contributed by atoms with Crippen LogP contribution in [0.5, 0.6) is 0 Å². The van der Waals surface area contributed by atoms with Crippen LogP contribution in [-0.2, 0) is 23.2 Å². The van der Waals surface area contributed by atoms with Gasteiger partial charge in [0.2, 0.25) is 11.8 Å². The molecule has 0 aromatic rings. The lowest BCUT2D eigenvalue weighted by molar-refractivity contribution is -0.127. The fourth-order valence-electron chi connectivity index (χ4n) is 2.55. The lowest BCUT2D eigenvalue weighted by atomic mass is 10.3. The van der Waals surface area contributed by atoms with E-state index < -0.39 is 8.25 Å². The van der Waals surface area contributed by atoms with Crippen molar-refractivity contribution in [2.75, 3.05) is 65.6 Å². The summed E-state index contributed by atoms with van der Waals surface area (Å²) < 4.78 is 21.6. The van der Waals surface area contributed by atoms with Crippen LogP contribution >= 0.6 is 8.25 Å². The van der Waals surface area contributed by atoms with Crippen molar-refractivity contribution in [2.24, 2.45) is 0 Å². The normalized spacial score (nSPS) is 20.0. The molecule has 0 aromatic carbocycles. The van der Waals surface area contributed by atoms with Crippen molar-refractivity contribution < 1.29 is 23.2 Å². The lowest BCUT2D eigenvalue weighted by Crippen LogP contribution is -2.45. The molecule has 2 aliphatic rings. The molecule has 9 nitrogen and oxygen atoms in total. The molecule has 2 saturated heterocycles. The van der Waals surface area contributed by atoms with E-state index in [1.807, 2.05) is 0 Å². The largest absolute Gasteiger partial charge is 0.337 e. The average molecular weight is 386 g/mol. The van der Waals surface area contributed by atoms with Crippen LogP contribution < -0.4 is 10.6 Å². The predicted molar refractivity (Wildman–Crippen MR) is 98.1 cm³/mol. The number of carbonyl (C=O) groups excluding carboxylic acids is 2. The lowest BCUT2D eigenvalue weighted by Gasteiger charge is -2.26. The maximum atomic E-state index is 11.9. The highest BCUT2D eigenvalue weighted by Gasteiger charge is 2.14. The van der Waals surface area contributed by atoms with Crippen molar-refractivity contribution in [2.45, 2.75) is 0 Å². The van der Waals surface area contributed by atoms with Crippen molar-refractivity contribution in [1.82, 2.24) is 20.4 Å². The smallest absolute Gasteiger partial charge is 0.319 e. The van der Waals surface area contributed by atoms with Crippen molar-refractivity contribution in [3.8, 4) is 0 Å². The minimum Gasteiger partial charge on any atom is -0.337 e. The predicted octanol–water partition coefficient (Wildman–Crippen LogP) is -0.615. The third-order valence-corrected chi connectivity index (χ3v) is 4.78. The number of nitrogens with one attached hydrogen (secondary N) is 2. The molecule has 0 bridgehead atoms. The van der Waals surface area contributed by atoms with Gasteiger partial charge in [0.25, 0.3) is 0 Å². The molecule has 26 heavy (non-hydrogen) atoms. The summed E-state index contributed by atoms with van der Waals surface area (Å²) in [7, 11) is -2.66. The number of nitrogens with zero attached hydrogens (tertiary/aromatic N) is 2. The monoisotopic (exact) mass is 386 g/mol. The molecule has 0 aliphatic carbocycles. The van der Waals surface area contributed by atoms with Gasteiger partial charge < -0.3 is 29.5 Å². The molecule has 2 amide bonds. The van der Waals surface area contributed by atoms with Gasteiger partial charge in [0.15, 0.2) is 0 Å². The van der Waals surface area contributed by atoms with E-state index in [1.54, 1.807) is 9.80 Å². The Labute approximate surface area is 154 Å². The first kappa shape index (κ1) is 20.8. The Bertz CT molecular complexity index is 497. The minimum absolute atomic E-state index is 0.0407. The van der Waals surface area contributed by atoms with Gasteiger partial charge in [0.1, 0.15) is 0 Å². The van der Waals surface area contributed by atoms with Crippen LogP contribution in [0.25, 0.3) is 0 Å². The molecule has 2 heterocycles. The second kappa shape index (κ2) is 12.0. The highest BCUT2D eigenvalue weighted by molar-refractivity contribution is 7.33. The molecule has 2 aliphatic heterocycles.